The maximum atomic E-state index is 12.0. The van der Waals surface area contributed by atoms with Gasteiger partial charge < -0.3 is 19.8 Å². The van der Waals surface area contributed by atoms with Crippen molar-refractivity contribution in [3.8, 4) is 0 Å². The van der Waals surface area contributed by atoms with Gasteiger partial charge in [-0.15, -0.1) is 0 Å². The average molecular weight is 410 g/mol. The highest BCUT2D eigenvalue weighted by molar-refractivity contribution is 6.30. The molecule has 2 fully saturated rings. The van der Waals surface area contributed by atoms with E-state index in [4.69, 9.17) is 26.6 Å². The lowest BCUT2D eigenvalue weighted by molar-refractivity contribution is -0.145. The number of halogens is 1. The van der Waals surface area contributed by atoms with Crippen LogP contribution in [0.1, 0.15) is 37.4 Å². The van der Waals surface area contributed by atoms with Crippen molar-refractivity contribution in [3.05, 3.63) is 47.0 Å². The Hall–Kier alpha value is -2.38. The zero-order chi connectivity index (χ0) is 20.5. The van der Waals surface area contributed by atoms with Gasteiger partial charge in [0.1, 0.15) is 6.10 Å². The van der Waals surface area contributed by atoms with Crippen LogP contribution in [0.25, 0.3) is 0 Å². The van der Waals surface area contributed by atoms with Crippen molar-refractivity contribution in [1.82, 2.24) is 4.90 Å². The van der Waals surface area contributed by atoms with E-state index in [1.54, 1.807) is 0 Å². The van der Waals surface area contributed by atoms with E-state index in [0.29, 0.717) is 17.2 Å². The summed E-state index contributed by atoms with van der Waals surface area (Å²) in [6.45, 7) is 3.09. The predicted molar refractivity (Wildman–Crippen MR) is 103 cm³/mol. The van der Waals surface area contributed by atoms with Gasteiger partial charge in [0.05, 0.1) is 5.92 Å². The largest absolute Gasteiger partial charge is 0.478 e. The number of carboxylic acid groups (broad SMARTS) is 2. The van der Waals surface area contributed by atoms with E-state index in [-0.39, 0.29) is 18.0 Å². The standard InChI is InChI=1S/C16H20ClNO2.C4H4O4/c17-14-6-4-12(5-7-14)15-10-13(16(19)20-15)11-18-8-2-1-3-9-18;5-3(6)1-2-4(7)8/h4-7,13,15H,1-3,8-11H2;1-2H,(H,5,6)(H,7,8)/b;2-1-. The average Bonchev–Trinajstić information content (AvgIpc) is 3.02. The zero-order valence-electron chi connectivity index (χ0n) is 15.4. The van der Waals surface area contributed by atoms with E-state index < -0.39 is 11.9 Å². The number of ether oxygens (including phenoxy) is 1. The Morgan fingerprint density at radius 2 is 1.64 bits per heavy atom. The third-order valence-electron chi connectivity index (χ3n) is 4.63. The maximum absolute atomic E-state index is 12.0. The van der Waals surface area contributed by atoms with E-state index in [2.05, 4.69) is 4.90 Å². The van der Waals surface area contributed by atoms with Crippen molar-refractivity contribution in [2.75, 3.05) is 19.6 Å². The Morgan fingerprint density at radius 3 is 2.18 bits per heavy atom. The molecule has 152 valence electrons. The highest BCUT2D eigenvalue weighted by atomic mass is 35.5. The molecule has 0 radical (unpaired) electrons. The molecule has 0 saturated carbocycles. The van der Waals surface area contributed by atoms with Crippen molar-refractivity contribution in [3.63, 3.8) is 0 Å². The Morgan fingerprint density at radius 1 is 1.07 bits per heavy atom. The van der Waals surface area contributed by atoms with Gasteiger partial charge in [0.2, 0.25) is 0 Å². The van der Waals surface area contributed by atoms with Crippen molar-refractivity contribution < 1.29 is 29.3 Å². The second-order valence-electron chi connectivity index (χ2n) is 6.78. The SMILES string of the molecule is O=C(O)/C=C\C(=O)O.O=C1OC(c2ccc(Cl)cc2)CC1CN1CCCCC1. The minimum absolute atomic E-state index is 0.0220. The number of carbonyl (C=O) groups is 3. The van der Waals surface area contributed by atoms with Gasteiger partial charge in [0, 0.05) is 30.1 Å². The second kappa shape index (κ2) is 10.8. The second-order valence-corrected chi connectivity index (χ2v) is 7.22. The Labute approximate surface area is 168 Å². The smallest absolute Gasteiger partial charge is 0.328 e. The number of hydrogen-bond acceptors (Lipinski definition) is 5. The van der Waals surface area contributed by atoms with E-state index in [9.17, 15) is 14.4 Å². The molecule has 2 aliphatic rings. The van der Waals surface area contributed by atoms with Crippen molar-refractivity contribution in [1.29, 1.82) is 0 Å². The van der Waals surface area contributed by atoms with Crippen LogP contribution in [0, 0.1) is 5.92 Å². The molecule has 28 heavy (non-hydrogen) atoms. The van der Waals surface area contributed by atoms with Crippen LogP contribution < -0.4 is 0 Å². The van der Waals surface area contributed by atoms with E-state index in [0.717, 1.165) is 31.6 Å². The first-order chi connectivity index (χ1) is 13.3. The van der Waals surface area contributed by atoms with Crippen molar-refractivity contribution >= 4 is 29.5 Å². The molecule has 2 aliphatic heterocycles. The van der Waals surface area contributed by atoms with Crippen LogP contribution >= 0.6 is 11.6 Å². The Balaban J connectivity index is 0.000000300. The summed E-state index contributed by atoms with van der Waals surface area (Å²) in [6, 6.07) is 7.60. The minimum atomic E-state index is -1.26. The number of likely N-dealkylation sites (tertiary alicyclic amines) is 1. The lowest BCUT2D eigenvalue weighted by atomic mass is 9.99. The molecule has 0 aromatic heterocycles. The summed E-state index contributed by atoms with van der Waals surface area (Å²) < 4.78 is 5.53. The molecule has 2 saturated heterocycles. The monoisotopic (exact) mass is 409 g/mol. The molecule has 1 aromatic carbocycles. The number of hydrogen-bond donors (Lipinski definition) is 2. The molecular weight excluding hydrogens is 386 g/mol. The van der Waals surface area contributed by atoms with Crippen LogP contribution in [0.3, 0.4) is 0 Å². The van der Waals surface area contributed by atoms with E-state index >= 15 is 0 Å². The lowest BCUT2D eigenvalue weighted by Crippen LogP contribution is -2.35. The van der Waals surface area contributed by atoms with Crippen LogP contribution in [-0.4, -0.2) is 52.7 Å². The van der Waals surface area contributed by atoms with Gasteiger partial charge in [0.25, 0.3) is 0 Å². The first-order valence-corrected chi connectivity index (χ1v) is 9.55. The molecule has 2 N–H and O–H groups in total. The highest BCUT2D eigenvalue weighted by Crippen LogP contribution is 2.34. The number of nitrogens with zero attached hydrogens (tertiary/aromatic N) is 1. The third kappa shape index (κ3) is 7.32. The number of carboxylic acids is 2. The number of esters is 1. The molecule has 0 spiro atoms. The van der Waals surface area contributed by atoms with Gasteiger partial charge in [-0.05, 0) is 43.6 Å². The molecule has 2 heterocycles. The third-order valence-corrected chi connectivity index (χ3v) is 4.88. The quantitative estimate of drug-likeness (QED) is 0.568. The fourth-order valence-corrected chi connectivity index (χ4v) is 3.39. The number of piperidine rings is 1. The van der Waals surface area contributed by atoms with Gasteiger partial charge in [0.15, 0.2) is 0 Å². The Kier molecular flexibility index (Phi) is 8.47. The topological polar surface area (TPSA) is 104 Å². The Bertz CT molecular complexity index is 696. The molecule has 0 amide bonds. The van der Waals surface area contributed by atoms with Crippen LogP contribution in [0.15, 0.2) is 36.4 Å². The normalized spacial score (nSPS) is 22.4. The van der Waals surface area contributed by atoms with Gasteiger partial charge in [-0.3, -0.25) is 4.79 Å². The van der Waals surface area contributed by atoms with Gasteiger partial charge in [-0.25, -0.2) is 9.59 Å². The zero-order valence-corrected chi connectivity index (χ0v) is 16.2. The van der Waals surface area contributed by atoms with Crippen molar-refractivity contribution in [2.45, 2.75) is 31.8 Å². The maximum Gasteiger partial charge on any atom is 0.328 e. The molecule has 7 nitrogen and oxygen atoms in total. The molecule has 2 unspecified atom stereocenters. The fraction of sp³-hybridized carbons (Fsp3) is 0.450. The number of aliphatic carboxylic acids is 2. The number of carbonyl (C=O) groups excluding carboxylic acids is 1. The molecular formula is C20H24ClNO6. The molecule has 3 rings (SSSR count). The molecule has 8 heteroatoms. The summed E-state index contributed by atoms with van der Waals surface area (Å²) in [7, 11) is 0. The number of cyclic esters (lactones) is 1. The first kappa shape index (κ1) is 21.9. The van der Waals surface area contributed by atoms with E-state index in [1.807, 2.05) is 24.3 Å². The van der Waals surface area contributed by atoms with Crippen LogP contribution in [0.5, 0.6) is 0 Å². The van der Waals surface area contributed by atoms with Crippen molar-refractivity contribution in [2.24, 2.45) is 5.92 Å². The summed E-state index contributed by atoms with van der Waals surface area (Å²) in [4.78, 5) is 33.5. The van der Waals surface area contributed by atoms with Gasteiger partial charge in [-0.1, -0.05) is 30.2 Å². The molecule has 0 bridgehead atoms. The summed E-state index contributed by atoms with van der Waals surface area (Å²) in [5, 5.41) is 16.3. The number of rotatable bonds is 5. The van der Waals surface area contributed by atoms with E-state index in [1.165, 1.54) is 19.3 Å². The molecule has 1 aromatic rings. The fourth-order valence-electron chi connectivity index (χ4n) is 3.27. The predicted octanol–water partition coefficient (Wildman–Crippen LogP) is 3.14. The number of benzene rings is 1. The summed E-state index contributed by atoms with van der Waals surface area (Å²) >= 11 is 5.89. The van der Waals surface area contributed by atoms with Gasteiger partial charge >= 0.3 is 17.9 Å². The molecule has 2 atom stereocenters. The van der Waals surface area contributed by atoms with Gasteiger partial charge in [-0.2, -0.15) is 0 Å². The van der Waals surface area contributed by atoms with Crippen LogP contribution in [0.4, 0.5) is 0 Å². The first-order valence-electron chi connectivity index (χ1n) is 9.17. The summed E-state index contributed by atoms with van der Waals surface area (Å²) in [6.07, 6.45) is 5.63. The van der Waals surface area contributed by atoms with Crippen LogP contribution in [-0.2, 0) is 19.1 Å². The summed E-state index contributed by atoms with van der Waals surface area (Å²) in [5.41, 5.74) is 1.05. The highest BCUT2D eigenvalue weighted by Gasteiger charge is 2.36. The lowest BCUT2D eigenvalue weighted by Gasteiger charge is -2.27. The summed E-state index contributed by atoms with van der Waals surface area (Å²) in [5.74, 6) is -2.54. The minimum Gasteiger partial charge on any atom is -0.478 e. The van der Waals surface area contributed by atoms with Crippen LogP contribution in [0.2, 0.25) is 5.02 Å². The molecule has 0 aliphatic carbocycles.